The summed E-state index contributed by atoms with van der Waals surface area (Å²) in [6, 6.07) is 25.0. The summed E-state index contributed by atoms with van der Waals surface area (Å²) in [6.45, 7) is 2.49. The molecule has 0 N–H and O–H groups in total. The van der Waals surface area contributed by atoms with Crippen LogP contribution in [0, 0.1) is 0 Å². The van der Waals surface area contributed by atoms with E-state index in [2.05, 4.69) is 0 Å². The lowest BCUT2D eigenvalue weighted by Crippen LogP contribution is -2.36. The molecule has 0 bridgehead atoms. The molecule has 150 valence electrons. The molecule has 3 aromatic carbocycles. The molecule has 1 unspecified atom stereocenters. The fraction of sp³-hybridized carbons (Fsp3) is 0.125. The first-order valence-electron chi connectivity index (χ1n) is 9.81. The Kier molecular flexibility index (Phi) is 4.25. The van der Waals surface area contributed by atoms with E-state index < -0.39 is 9.84 Å². The summed E-state index contributed by atoms with van der Waals surface area (Å²) < 4.78 is 29.1. The van der Waals surface area contributed by atoms with E-state index in [-0.39, 0.29) is 21.3 Å². The average Bonchev–Trinajstić information content (AvgIpc) is 3.12. The number of pyridine rings is 1. The molecule has 5 rings (SSSR count). The molecular formula is C24H20N2O3S. The van der Waals surface area contributed by atoms with Crippen molar-refractivity contribution in [2.75, 3.05) is 11.6 Å². The smallest absolute Gasteiger partial charge is 0.277 e. The number of fused-ring (bicyclic) bond motifs is 2. The maximum absolute atomic E-state index is 13.8. The van der Waals surface area contributed by atoms with Crippen molar-refractivity contribution in [1.29, 1.82) is 0 Å². The molecule has 0 saturated carbocycles. The summed E-state index contributed by atoms with van der Waals surface area (Å²) >= 11 is 0. The second-order valence-corrected chi connectivity index (χ2v) is 9.40. The van der Waals surface area contributed by atoms with Crippen molar-refractivity contribution in [2.45, 2.75) is 22.6 Å². The third-order valence-corrected chi connectivity index (χ3v) is 7.45. The van der Waals surface area contributed by atoms with E-state index in [4.69, 9.17) is 0 Å². The Labute approximate surface area is 174 Å². The molecule has 0 spiro atoms. The van der Waals surface area contributed by atoms with Crippen molar-refractivity contribution in [2.24, 2.45) is 0 Å². The number of hydrogen-bond acceptors (Lipinski definition) is 4. The van der Waals surface area contributed by atoms with Crippen molar-refractivity contribution in [3.63, 3.8) is 0 Å². The lowest BCUT2D eigenvalue weighted by molar-refractivity contribution is 0.593. The molecule has 0 radical (unpaired) electrons. The van der Waals surface area contributed by atoms with Crippen LogP contribution in [-0.4, -0.2) is 19.6 Å². The van der Waals surface area contributed by atoms with Gasteiger partial charge in [-0.1, -0.05) is 61.5 Å². The molecule has 5 nitrogen and oxygen atoms in total. The number of para-hydroxylation sites is 1. The zero-order valence-electron chi connectivity index (χ0n) is 16.4. The second kappa shape index (κ2) is 6.85. The maximum atomic E-state index is 13.8. The molecule has 0 fully saturated rings. The van der Waals surface area contributed by atoms with Gasteiger partial charge in [0, 0.05) is 17.8 Å². The SMILES string of the molecule is CC1CN(c2ccccc2)n2c1c(S(=O)(=O)c1ccccc1)c1ccccc1c2=O. The summed E-state index contributed by atoms with van der Waals surface area (Å²) in [5.41, 5.74) is 1.18. The average molecular weight is 417 g/mol. The fourth-order valence-electron chi connectivity index (χ4n) is 4.25. The van der Waals surface area contributed by atoms with Gasteiger partial charge in [-0.3, -0.25) is 9.80 Å². The van der Waals surface area contributed by atoms with Gasteiger partial charge in [0.05, 0.1) is 21.7 Å². The highest BCUT2D eigenvalue weighted by molar-refractivity contribution is 7.91. The fourth-order valence-corrected chi connectivity index (χ4v) is 6.03. The number of nitrogens with zero attached hydrogens (tertiary/aromatic N) is 2. The van der Waals surface area contributed by atoms with Crippen LogP contribution >= 0.6 is 0 Å². The monoisotopic (exact) mass is 416 g/mol. The Hall–Kier alpha value is -3.38. The van der Waals surface area contributed by atoms with Crippen LogP contribution in [0.15, 0.2) is 99.5 Å². The lowest BCUT2D eigenvalue weighted by atomic mass is 10.1. The Bertz CT molecular complexity index is 1410. The van der Waals surface area contributed by atoms with Crippen molar-refractivity contribution in [3.8, 4) is 0 Å². The first-order valence-corrected chi connectivity index (χ1v) is 11.3. The van der Waals surface area contributed by atoms with E-state index >= 15 is 0 Å². The standard InChI is InChI=1S/C24H20N2O3S/c1-17-16-25(18-10-4-2-5-11-18)26-22(17)23(20-14-8-9-15-21(20)24(26)27)30(28,29)19-12-6-3-7-13-19/h2-15,17H,16H2,1H3. The summed E-state index contributed by atoms with van der Waals surface area (Å²) in [7, 11) is -3.83. The van der Waals surface area contributed by atoms with Crippen molar-refractivity contribution >= 4 is 26.3 Å². The van der Waals surface area contributed by atoms with Crippen LogP contribution in [0.1, 0.15) is 18.5 Å². The first-order chi connectivity index (χ1) is 14.5. The normalized spacial score (nSPS) is 16.0. The van der Waals surface area contributed by atoms with Gasteiger partial charge in [-0.2, -0.15) is 0 Å². The van der Waals surface area contributed by atoms with Crippen LogP contribution in [0.3, 0.4) is 0 Å². The number of sulfone groups is 1. The van der Waals surface area contributed by atoms with Gasteiger partial charge in [0.1, 0.15) is 4.90 Å². The van der Waals surface area contributed by atoms with Crippen LogP contribution in [0.4, 0.5) is 5.69 Å². The highest BCUT2D eigenvalue weighted by atomic mass is 32.2. The van der Waals surface area contributed by atoms with Crippen LogP contribution < -0.4 is 10.6 Å². The van der Waals surface area contributed by atoms with Gasteiger partial charge in [0.25, 0.3) is 5.56 Å². The molecule has 2 heterocycles. The third-order valence-electron chi connectivity index (χ3n) is 5.59. The topological polar surface area (TPSA) is 59.4 Å². The van der Waals surface area contributed by atoms with Crippen molar-refractivity contribution in [3.05, 3.63) is 101 Å². The summed E-state index contributed by atoms with van der Waals surface area (Å²) in [5, 5.41) is 2.74. The number of hydrogen-bond donors (Lipinski definition) is 0. The van der Waals surface area contributed by atoms with Gasteiger partial charge < -0.3 is 0 Å². The van der Waals surface area contributed by atoms with Crippen LogP contribution in [0.2, 0.25) is 0 Å². The zero-order chi connectivity index (χ0) is 20.9. The largest absolute Gasteiger partial charge is 0.278 e. The van der Waals surface area contributed by atoms with Crippen molar-refractivity contribution < 1.29 is 8.42 Å². The Morgan fingerprint density at radius 1 is 0.800 bits per heavy atom. The molecule has 30 heavy (non-hydrogen) atoms. The zero-order valence-corrected chi connectivity index (χ0v) is 17.2. The van der Waals surface area contributed by atoms with E-state index in [1.54, 1.807) is 59.3 Å². The number of rotatable bonds is 3. The molecule has 1 atom stereocenters. The minimum absolute atomic E-state index is 0.143. The van der Waals surface area contributed by atoms with Gasteiger partial charge in [-0.05, 0) is 30.3 Å². The van der Waals surface area contributed by atoms with E-state index in [0.29, 0.717) is 23.0 Å². The van der Waals surface area contributed by atoms with E-state index in [1.165, 1.54) is 0 Å². The number of anilines is 1. The summed E-state index contributed by atoms with van der Waals surface area (Å²) in [6.07, 6.45) is 0. The molecule has 6 heteroatoms. The van der Waals surface area contributed by atoms with E-state index in [1.807, 2.05) is 42.3 Å². The minimum atomic E-state index is -3.83. The van der Waals surface area contributed by atoms with Gasteiger partial charge in [0.15, 0.2) is 0 Å². The predicted molar refractivity (Wildman–Crippen MR) is 118 cm³/mol. The Morgan fingerprint density at radius 2 is 1.37 bits per heavy atom. The summed E-state index contributed by atoms with van der Waals surface area (Å²) in [5.74, 6) is -0.143. The van der Waals surface area contributed by atoms with Gasteiger partial charge in [0.2, 0.25) is 9.84 Å². The van der Waals surface area contributed by atoms with Crippen LogP contribution in [-0.2, 0) is 9.84 Å². The highest BCUT2D eigenvalue weighted by Crippen LogP contribution is 2.38. The molecule has 4 aromatic rings. The second-order valence-electron chi connectivity index (χ2n) is 7.51. The van der Waals surface area contributed by atoms with Crippen LogP contribution in [0.5, 0.6) is 0 Å². The Morgan fingerprint density at radius 3 is 2.03 bits per heavy atom. The number of aromatic nitrogens is 1. The number of benzene rings is 3. The van der Waals surface area contributed by atoms with Crippen LogP contribution in [0.25, 0.3) is 10.8 Å². The molecule has 1 aliphatic rings. The molecule has 1 aliphatic heterocycles. The summed E-state index contributed by atoms with van der Waals surface area (Å²) in [4.78, 5) is 13.9. The highest BCUT2D eigenvalue weighted by Gasteiger charge is 2.37. The molecule has 1 aromatic heterocycles. The van der Waals surface area contributed by atoms with E-state index in [9.17, 15) is 13.2 Å². The minimum Gasteiger partial charge on any atom is -0.278 e. The lowest BCUT2D eigenvalue weighted by Gasteiger charge is -2.23. The quantitative estimate of drug-likeness (QED) is 0.502. The first kappa shape index (κ1) is 18.6. The molecule has 0 aliphatic carbocycles. The molecule has 0 amide bonds. The van der Waals surface area contributed by atoms with E-state index in [0.717, 1.165) is 5.69 Å². The molecule has 0 saturated heterocycles. The third kappa shape index (κ3) is 2.68. The Balaban J connectivity index is 1.91. The van der Waals surface area contributed by atoms with Gasteiger partial charge >= 0.3 is 0 Å². The van der Waals surface area contributed by atoms with Crippen molar-refractivity contribution in [1.82, 2.24) is 4.68 Å². The van der Waals surface area contributed by atoms with Gasteiger partial charge in [-0.25, -0.2) is 13.1 Å². The molecular weight excluding hydrogens is 396 g/mol. The predicted octanol–water partition coefficient (Wildman–Crippen LogP) is 4.22. The van der Waals surface area contributed by atoms with Gasteiger partial charge in [-0.15, -0.1) is 0 Å². The maximum Gasteiger partial charge on any atom is 0.277 e.